The number of anilines is 1. The molecule has 3 N–H and O–H groups in total. The maximum absolute atomic E-state index is 12.3. The molecule has 0 spiro atoms. The van der Waals surface area contributed by atoms with Gasteiger partial charge in [-0.15, -0.1) is 0 Å². The zero-order valence-electron chi connectivity index (χ0n) is 10.2. The van der Waals surface area contributed by atoms with Gasteiger partial charge in [-0.05, 0) is 35.0 Å². The van der Waals surface area contributed by atoms with Gasteiger partial charge in [0.25, 0.3) is 10.0 Å². The molecule has 0 saturated carbocycles. The van der Waals surface area contributed by atoms with E-state index in [2.05, 4.69) is 20.7 Å². The Bertz CT molecular complexity index is 695. The van der Waals surface area contributed by atoms with Crippen molar-refractivity contribution in [2.45, 2.75) is 18.4 Å². The Morgan fingerprint density at radius 3 is 2.63 bits per heavy atom. The van der Waals surface area contributed by atoms with E-state index in [9.17, 15) is 8.42 Å². The average Bonchev–Trinajstić information content (AvgIpc) is 2.74. The van der Waals surface area contributed by atoms with Crippen molar-refractivity contribution < 1.29 is 12.8 Å². The van der Waals surface area contributed by atoms with Crippen LogP contribution in [-0.4, -0.2) is 8.42 Å². The third kappa shape index (κ3) is 2.99. The molecule has 1 aromatic heterocycles. The van der Waals surface area contributed by atoms with E-state index in [4.69, 9.17) is 10.2 Å². The van der Waals surface area contributed by atoms with Gasteiger partial charge in [0.1, 0.15) is 16.4 Å². The first-order chi connectivity index (χ1) is 8.94. The van der Waals surface area contributed by atoms with Gasteiger partial charge in [0.05, 0.1) is 12.2 Å². The van der Waals surface area contributed by atoms with E-state index in [0.717, 1.165) is 0 Å². The monoisotopic (exact) mass is 344 g/mol. The number of rotatable bonds is 4. The lowest BCUT2D eigenvalue weighted by molar-refractivity contribution is 0.479. The Morgan fingerprint density at radius 1 is 1.37 bits per heavy atom. The number of hydrogen-bond acceptors (Lipinski definition) is 4. The minimum atomic E-state index is -3.69. The van der Waals surface area contributed by atoms with Gasteiger partial charge in [0.2, 0.25) is 0 Å². The van der Waals surface area contributed by atoms with Crippen molar-refractivity contribution in [2.75, 3.05) is 4.72 Å². The van der Waals surface area contributed by atoms with E-state index in [-0.39, 0.29) is 11.4 Å². The molecule has 0 bridgehead atoms. The minimum absolute atomic E-state index is 0.101. The largest absolute Gasteiger partial charge is 0.464 e. The summed E-state index contributed by atoms with van der Waals surface area (Å²) in [6.07, 6.45) is 0. The summed E-state index contributed by atoms with van der Waals surface area (Å²) in [6, 6.07) is 8.41. The Balaban J connectivity index is 2.38. The number of halogens is 1. The predicted octanol–water partition coefficient (Wildman–Crippen LogP) is 2.61. The maximum Gasteiger partial charge on any atom is 0.265 e. The maximum atomic E-state index is 12.3. The van der Waals surface area contributed by atoms with Crippen molar-refractivity contribution in [1.82, 2.24) is 0 Å². The Morgan fingerprint density at radius 2 is 2.05 bits per heavy atom. The van der Waals surface area contributed by atoms with Gasteiger partial charge in [-0.3, -0.25) is 4.72 Å². The third-order valence-electron chi connectivity index (χ3n) is 2.53. The lowest BCUT2D eigenvalue weighted by atomic mass is 10.3. The molecule has 0 atom stereocenters. The molecular formula is C12H13BrN2O3S. The number of nitrogens with two attached hydrogens (primary N) is 1. The predicted molar refractivity (Wildman–Crippen MR) is 76.3 cm³/mol. The number of benzene rings is 1. The second-order valence-corrected chi connectivity index (χ2v) is 6.43. The molecule has 7 heteroatoms. The van der Waals surface area contributed by atoms with Crippen molar-refractivity contribution in [3.8, 4) is 0 Å². The number of para-hydroxylation sites is 1. The number of furan rings is 1. The first-order valence-corrected chi connectivity index (χ1v) is 7.78. The number of aryl methyl sites for hydroxylation is 1. The van der Waals surface area contributed by atoms with Gasteiger partial charge < -0.3 is 10.2 Å². The topological polar surface area (TPSA) is 85.3 Å². The Kier molecular flexibility index (Phi) is 3.98. The molecular weight excluding hydrogens is 332 g/mol. The molecule has 1 aromatic carbocycles. The number of hydrogen-bond donors (Lipinski definition) is 2. The summed E-state index contributed by atoms with van der Waals surface area (Å²) in [5.41, 5.74) is 5.91. The minimum Gasteiger partial charge on any atom is -0.464 e. The SMILES string of the molecule is Cc1oc(CN)cc1S(=O)(=O)Nc1ccccc1Br. The van der Waals surface area contributed by atoms with Crippen LogP contribution in [0.1, 0.15) is 11.5 Å². The molecule has 1 heterocycles. The van der Waals surface area contributed by atoms with Crippen LogP contribution in [0, 0.1) is 6.92 Å². The van der Waals surface area contributed by atoms with E-state index >= 15 is 0 Å². The lowest BCUT2D eigenvalue weighted by Gasteiger charge is -2.08. The zero-order chi connectivity index (χ0) is 14.0. The molecule has 5 nitrogen and oxygen atoms in total. The summed E-state index contributed by atoms with van der Waals surface area (Å²) in [4.78, 5) is 0.101. The number of sulfonamides is 1. The van der Waals surface area contributed by atoms with Crippen molar-refractivity contribution in [2.24, 2.45) is 5.73 Å². The molecule has 0 aliphatic carbocycles. The van der Waals surface area contributed by atoms with Gasteiger partial charge in [-0.2, -0.15) is 0 Å². The molecule has 19 heavy (non-hydrogen) atoms. The lowest BCUT2D eigenvalue weighted by Crippen LogP contribution is -2.13. The molecule has 2 rings (SSSR count). The highest BCUT2D eigenvalue weighted by molar-refractivity contribution is 9.10. The van der Waals surface area contributed by atoms with Gasteiger partial charge >= 0.3 is 0 Å². The fraction of sp³-hybridized carbons (Fsp3) is 0.167. The summed E-state index contributed by atoms with van der Waals surface area (Å²) in [5.74, 6) is 0.755. The highest BCUT2D eigenvalue weighted by atomic mass is 79.9. The van der Waals surface area contributed by atoms with Gasteiger partial charge in [0, 0.05) is 10.5 Å². The average molecular weight is 345 g/mol. The van der Waals surface area contributed by atoms with Crippen LogP contribution in [0.2, 0.25) is 0 Å². The molecule has 0 aliphatic heterocycles. The Hall–Kier alpha value is -1.31. The normalized spacial score (nSPS) is 11.5. The smallest absolute Gasteiger partial charge is 0.265 e. The summed E-state index contributed by atoms with van der Waals surface area (Å²) < 4.78 is 33.0. The van der Waals surface area contributed by atoms with Crippen molar-refractivity contribution >= 4 is 31.6 Å². The zero-order valence-corrected chi connectivity index (χ0v) is 12.6. The van der Waals surface area contributed by atoms with E-state index in [1.807, 2.05) is 0 Å². The van der Waals surface area contributed by atoms with Crippen molar-refractivity contribution in [3.63, 3.8) is 0 Å². The molecule has 0 saturated heterocycles. The summed E-state index contributed by atoms with van der Waals surface area (Å²) >= 11 is 3.29. The van der Waals surface area contributed by atoms with Gasteiger partial charge in [-0.1, -0.05) is 12.1 Å². The second-order valence-electron chi connectivity index (χ2n) is 3.92. The van der Waals surface area contributed by atoms with Crippen LogP contribution in [-0.2, 0) is 16.6 Å². The van der Waals surface area contributed by atoms with Crippen LogP contribution in [0.4, 0.5) is 5.69 Å². The summed E-state index contributed by atoms with van der Waals surface area (Å²) in [6.45, 7) is 1.75. The fourth-order valence-electron chi connectivity index (χ4n) is 1.64. The molecule has 0 radical (unpaired) electrons. The molecule has 0 unspecified atom stereocenters. The standard InChI is InChI=1S/C12H13BrN2O3S/c1-8-12(6-9(7-14)18-8)19(16,17)15-11-5-3-2-4-10(11)13/h2-6,15H,7,14H2,1H3. The van der Waals surface area contributed by atoms with E-state index in [1.54, 1.807) is 31.2 Å². The third-order valence-corrected chi connectivity index (χ3v) is 4.70. The van der Waals surface area contributed by atoms with Crippen molar-refractivity contribution in [1.29, 1.82) is 0 Å². The Labute approximate surface area is 120 Å². The van der Waals surface area contributed by atoms with Crippen LogP contribution in [0.3, 0.4) is 0 Å². The van der Waals surface area contributed by atoms with Crippen LogP contribution < -0.4 is 10.5 Å². The van der Waals surface area contributed by atoms with Crippen LogP contribution in [0.15, 0.2) is 44.1 Å². The van der Waals surface area contributed by atoms with Gasteiger partial charge in [-0.25, -0.2) is 8.42 Å². The first-order valence-electron chi connectivity index (χ1n) is 5.51. The summed E-state index contributed by atoms with van der Waals surface area (Å²) in [7, 11) is -3.69. The van der Waals surface area contributed by atoms with Gasteiger partial charge in [0.15, 0.2) is 0 Å². The molecule has 0 fully saturated rings. The van der Waals surface area contributed by atoms with Crippen LogP contribution >= 0.6 is 15.9 Å². The molecule has 0 amide bonds. The quantitative estimate of drug-likeness (QED) is 0.892. The molecule has 0 aliphatic rings. The highest BCUT2D eigenvalue weighted by Crippen LogP contribution is 2.26. The van der Waals surface area contributed by atoms with E-state index in [0.29, 0.717) is 21.7 Å². The summed E-state index contributed by atoms with van der Waals surface area (Å²) in [5, 5.41) is 0. The van der Waals surface area contributed by atoms with Crippen LogP contribution in [0.25, 0.3) is 0 Å². The van der Waals surface area contributed by atoms with Crippen molar-refractivity contribution in [3.05, 3.63) is 46.3 Å². The van der Waals surface area contributed by atoms with Crippen LogP contribution in [0.5, 0.6) is 0 Å². The number of nitrogens with one attached hydrogen (secondary N) is 1. The highest BCUT2D eigenvalue weighted by Gasteiger charge is 2.21. The fourth-order valence-corrected chi connectivity index (χ4v) is 3.43. The first kappa shape index (κ1) is 14.1. The van der Waals surface area contributed by atoms with E-state index < -0.39 is 10.0 Å². The van der Waals surface area contributed by atoms with E-state index in [1.165, 1.54) is 6.07 Å². The molecule has 2 aromatic rings. The molecule has 102 valence electrons. The second kappa shape index (κ2) is 5.36.